The molecule has 2 atom stereocenters. The maximum absolute atomic E-state index is 10.3. The summed E-state index contributed by atoms with van der Waals surface area (Å²) in [5, 5.41) is 10.3. The van der Waals surface area contributed by atoms with Crippen molar-refractivity contribution in [1.82, 2.24) is 0 Å². The molecule has 0 unspecified atom stereocenters. The molecule has 0 amide bonds. The highest BCUT2D eigenvalue weighted by molar-refractivity contribution is 5.02. The highest BCUT2D eigenvalue weighted by Crippen LogP contribution is 2.38. The van der Waals surface area contributed by atoms with Crippen molar-refractivity contribution in [2.24, 2.45) is 5.73 Å². The quantitative estimate of drug-likeness (QED) is 0.722. The maximum Gasteiger partial charge on any atom is 0.0662 e. The molecule has 0 bridgehead atoms. The summed E-state index contributed by atoms with van der Waals surface area (Å²) in [7, 11) is 0. The van der Waals surface area contributed by atoms with E-state index in [1.807, 2.05) is 0 Å². The van der Waals surface area contributed by atoms with E-state index in [9.17, 15) is 5.11 Å². The number of hydrogen-bond donors (Lipinski definition) is 2. The van der Waals surface area contributed by atoms with E-state index in [2.05, 4.69) is 26.8 Å². The Morgan fingerprint density at radius 3 is 2.69 bits per heavy atom. The van der Waals surface area contributed by atoms with E-state index < -0.39 is 5.60 Å². The first-order chi connectivity index (χ1) is 7.43. The van der Waals surface area contributed by atoms with E-state index in [4.69, 9.17) is 5.73 Å². The van der Waals surface area contributed by atoms with Gasteiger partial charge in [-0.1, -0.05) is 18.6 Å². The third-order valence-corrected chi connectivity index (χ3v) is 4.17. The standard InChI is InChI=1S/C14H27NO/c1-4-12(3)7-10-13(15)8-6-9-14(16,5-2)11-13/h4,16H,5-11,15H2,1-3H3/b12-4+/t13-,14-/m1/s1. The molecule has 0 spiro atoms. The van der Waals surface area contributed by atoms with Crippen LogP contribution in [0.1, 0.15) is 65.7 Å². The lowest BCUT2D eigenvalue weighted by Crippen LogP contribution is -2.51. The number of rotatable bonds is 4. The zero-order chi connectivity index (χ0) is 12.2. The van der Waals surface area contributed by atoms with Crippen LogP contribution in [0.2, 0.25) is 0 Å². The maximum atomic E-state index is 10.3. The summed E-state index contributed by atoms with van der Waals surface area (Å²) in [6.45, 7) is 6.28. The van der Waals surface area contributed by atoms with Gasteiger partial charge in [-0.25, -0.2) is 0 Å². The van der Waals surface area contributed by atoms with Crippen LogP contribution >= 0.6 is 0 Å². The summed E-state index contributed by atoms with van der Waals surface area (Å²) in [5.41, 5.74) is 7.18. The summed E-state index contributed by atoms with van der Waals surface area (Å²) < 4.78 is 0. The second-order valence-corrected chi connectivity index (χ2v) is 5.61. The molecular weight excluding hydrogens is 198 g/mol. The van der Waals surface area contributed by atoms with Gasteiger partial charge in [0, 0.05) is 5.54 Å². The minimum absolute atomic E-state index is 0.146. The highest BCUT2D eigenvalue weighted by Gasteiger charge is 2.39. The molecule has 0 aromatic heterocycles. The lowest BCUT2D eigenvalue weighted by atomic mass is 9.70. The van der Waals surface area contributed by atoms with Gasteiger partial charge in [0.15, 0.2) is 0 Å². The summed E-state index contributed by atoms with van der Waals surface area (Å²) in [6, 6.07) is 0. The predicted molar refractivity (Wildman–Crippen MR) is 69.3 cm³/mol. The first-order valence-corrected chi connectivity index (χ1v) is 6.56. The summed E-state index contributed by atoms with van der Waals surface area (Å²) >= 11 is 0. The molecule has 0 aliphatic heterocycles. The van der Waals surface area contributed by atoms with Gasteiger partial charge in [0.1, 0.15) is 0 Å². The van der Waals surface area contributed by atoms with Crippen LogP contribution < -0.4 is 5.73 Å². The fraction of sp³-hybridized carbons (Fsp3) is 0.857. The van der Waals surface area contributed by atoms with Crippen molar-refractivity contribution in [2.75, 3.05) is 0 Å². The monoisotopic (exact) mass is 225 g/mol. The molecule has 1 aliphatic carbocycles. The summed E-state index contributed by atoms with van der Waals surface area (Å²) in [4.78, 5) is 0. The fourth-order valence-corrected chi connectivity index (χ4v) is 2.71. The number of aliphatic hydroxyl groups is 1. The van der Waals surface area contributed by atoms with Crippen LogP contribution in [0.25, 0.3) is 0 Å². The minimum atomic E-state index is -0.503. The average molecular weight is 225 g/mol. The Morgan fingerprint density at radius 2 is 2.12 bits per heavy atom. The van der Waals surface area contributed by atoms with Crippen LogP contribution in [0.5, 0.6) is 0 Å². The lowest BCUT2D eigenvalue weighted by Gasteiger charge is -2.43. The fourth-order valence-electron chi connectivity index (χ4n) is 2.71. The average Bonchev–Trinajstić information content (AvgIpc) is 2.26. The molecule has 1 aliphatic rings. The van der Waals surface area contributed by atoms with Crippen molar-refractivity contribution in [3.63, 3.8) is 0 Å². The molecule has 2 nitrogen and oxygen atoms in total. The third kappa shape index (κ3) is 3.60. The van der Waals surface area contributed by atoms with E-state index in [1.165, 1.54) is 5.57 Å². The van der Waals surface area contributed by atoms with Gasteiger partial charge >= 0.3 is 0 Å². The Hall–Kier alpha value is -0.340. The van der Waals surface area contributed by atoms with Crippen LogP contribution in [0.15, 0.2) is 11.6 Å². The largest absolute Gasteiger partial charge is 0.390 e. The molecule has 0 saturated heterocycles. The van der Waals surface area contributed by atoms with Gasteiger partial charge in [-0.2, -0.15) is 0 Å². The molecule has 16 heavy (non-hydrogen) atoms. The Labute approximate surface area is 99.9 Å². The van der Waals surface area contributed by atoms with Crippen molar-refractivity contribution >= 4 is 0 Å². The zero-order valence-electron chi connectivity index (χ0n) is 11.1. The van der Waals surface area contributed by atoms with Gasteiger partial charge in [0.05, 0.1) is 5.60 Å². The second-order valence-electron chi connectivity index (χ2n) is 5.61. The summed E-state index contributed by atoms with van der Waals surface area (Å²) in [6.07, 6.45) is 8.87. The number of nitrogens with two attached hydrogens (primary N) is 1. The van der Waals surface area contributed by atoms with Crippen LogP contribution in [0.4, 0.5) is 0 Å². The molecule has 94 valence electrons. The van der Waals surface area contributed by atoms with Gasteiger partial charge in [-0.3, -0.25) is 0 Å². The molecular formula is C14H27NO. The van der Waals surface area contributed by atoms with Gasteiger partial charge in [-0.05, 0) is 58.8 Å². The Morgan fingerprint density at radius 1 is 1.44 bits per heavy atom. The second kappa shape index (κ2) is 5.33. The van der Waals surface area contributed by atoms with E-state index in [0.717, 1.165) is 44.9 Å². The van der Waals surface area contributed by atoms with E-state index in [0.29, 0.717) is 0 Å². The predicted octanol–water partition coefficient (Wildman–Crippen LogP) is 3.15. The van der Waals surface area contributed by atoms with Crippen molar-refractivity contribution in [3.8, 4) is 0 Å². The molecule has 1 fully saturated rings. The van der Waals surface area contributed by atoms with Gasteiger partial charge in [-0.15, -0.1) is 0 Å². The van der Waals surface area contributed by atoms with Gasteiger partial charge < -0.3 is 10.8 Å². The lowest BCUT2D eigenvalue weighted by molar-refractivity contribution is -0.0284. The molecule has 0 heterocycles. The SMILES string of the molecule is C/C=C(\C)CC[C@]1(N)CCC[C@](O)(CC)C1. The Balaban J connectivity index is 2.56. The van der Waals surface area contributed by atoms with Crippen molar-refractivity contribution in [3.05, 3.63) is 11.6 Å². The first-order valence-electron chi connectivity index (χ1n) is 6.56. The van der Waals surface area contributed by atoms with E-state index in [1.54, 1.807) is 0 Å². The van der Waals surface area contributed by atoms with Crippen LogP contribution in [-0.4, -0.2) is 16.2 Å². The van der Waals surface area contributed by atoms with Crippen LogP contribution in [-0.2, 0) is 0 Å². The van der Waals surface area contributed by atoms with Gasteiger partial charge in [0.2, 0.25) is 0 Å². The Bertz CT molecular complexity index is 261. The molecule has 0 aromatic rings. The number of allylic oxidation sites excluding steroid dienone is 2. The van der Waals surface area contributed by atoms with Crippen LogP contribution in [0.3, 0.4) is 0 Å². The van der Waals surface area contributed by atoms with E-state index in [-0.39, 0.29) is 5.54 Å². The minimum Gasteiger partial charge on any atom is -0.390 e. The number of hydrogen-bond acceptors (Lipinski definition) is 2. The molecule has 1 saturated carbocycles. The smallest absolute Gasteiger partial charge is 0.0662 e. The van der Waals surface area contributed by atoms with Crippen molar-refractivity contribution in [1.29, 1.82) is 0 Å². The van der Waals surface area contributed by atoms with Crippen molar-refractivity contribution < 1.29 is 5.11 Å². The molecule has 2 heteroatoms. The zero-order valence-corrected chi connectivity index (χ0v) is 11.1. The van der Waals surface area contributed by atoms with Crippen molar-refractivity contribution in [2.45, 2.75) is 76.9 Å². The first kappa shape index (κ1) is 13.7. The Kier molecular flexibility index (Phi) is 4.57. The molecule has 1 rings (SSSR count). The van der Waals surface area contributed by atoms with Crippen LogP contribution in [0, 0.1) is 0 Å². The molecule has 3 N–H and O–H groups in total. The molecule has 0 radical (unpaired) electrons. The third-order valence-electron chi connectivity index (χ3n) is 4.17. The highest BCUT2D eigenvalue weighted by atomic mass is 16.3. The van der Waals surface area contributed by atoms with E-state index >= 15 is 0 Å². The normalized spacial score (nSPS) is 36.4. The van der Waals surface area contributed by atoms with Gasteiger partial charge in [0.25, 0.3) is 0 Å². The topological polar surface area (TPSA) is 46.2 Å². The molecule has 0 aromatic carbocycles. The summed E-state index contributed by atoms with van der Waals surface area (Å²) in [5.74, 6) is 0.